The minimum absolute atomic E-state index is 0.272. The van der Waals surface area contributed by atoms with E-state index in [1.54, 1.807) is 65.8 Å². The Hall–Kier alpha value is -2.57. The summed E-state index contributed by atoms with van der Waals surface area (Å²) in [7, 11) is 0. The van der Waals surface area contributed by atoms with Gasteiger partial charge < -0.3 is 39.1 Å². The molecule has 3 heterocycles. The highest BCUT2D eigenvalue weighted by Gasteiger charge is 2.62. The van der Waals surface area contributed by atoms with Crippen LogP contribution in [0.2, 0.25) is 0 Å². The number of hydrogen-bond donors (Lipinski definition) is 2. The third-order valence-electron chi connectivity index (χ3n) is 5.83. The maximum atomic E-state index is 13.2. The Morgan fingerprint density at radius 3 is 2.20 bits per heavy atom. The number of benzene rings is 1. The highest BCUT2D eigenvalue weighted by atomic mass is 16.9. The highest BCUT2D eigenvalue weighted by Crippen LogP contribution is 2.44. The molecule has 6 atom stereocenters. The van der Waals surface area contributed by atoms with E-state index in [-0.39, 0.29) is 6.61 Å². The average molecular weight is 493 g/mol. The summed E-state index contributed by atoms with van der Waals surface area (Å²) in [6.07, 6.45) is -3.77. The summed E-state index contributed by atoms with van der Waals surface area (Å²) in [5.41, 5.74) is 0.838. The zero-order valence-corrected chi connectivity index (χ0v) is 20.7. The molecule has 3 saturated heterocycles. The lowest BCUT2D eigenvalue weighted by atomic mass is 9.98. The van der Waals surface area contributed by atoms with Crippen LogP contribution in [0.25, 0.3) is 0 Å². The smallest absolute Gasteiger partial charge is 0.338 e. The Labute approximate surface area is 203 Å². The lowest BCUT2D eigenvalue weighted by Crippen LogP contribution is -2.60. The van der Waals surface area contributed by atoms with Crippen LogP contribution in [0.5, 0.6) is 0 Å². The molecule has 4 rings (SSSR count). The third-order valence-corrected chi connectivity index (χ3v) is 5.83. The van der Waals surface area contributed by atoms with E-state index in [1.165, 1.54) is 0 Å². The Bertz CT molecular complexity index is 978. The van der Waals surface area contributed by atoms with Crippen molar-refractivity contribution in [1.82, 2.24) is 5.32 Å². The molecule has 0 aromatic heterocycles. The van der Waals surface area contributed by atoms with E-state index in [2.05, 4.69) is 10.6 Å². The summed E-state index contributed by atoms with van der Waals surface area (Å²) >= 11 is 0. The number of anilines is 1. The van der Waals surface area contributed by atoms with Crippen molar-refractivity contribution >= 4 is 23.5 Å². The van der Waals surface area contributed by atoms with Crippen LogP contribution < -0.4 is 10.6 Å². The van der Waals surface area contributed by atoms with Gasteiger partial charge in [-0.2, -0.15) is 0 Å². The van der Waals surface area contributed by atoms with Crippen LogP contribution >= 0.6 is 0 Å². The second-order valence-corrected chi connectivity index (χ2v) is 9.61. The molecule has 1 aromatic carbocycles. The van der Waals surface area contributed by atoms with Crippen molar-refractivity contribution in [1.29, 1.82) is 0 Å². The van der Waals surface area contributed by atoms with E-state index in [0.717, 1.165) is 0 Å². The highest BCUT2D eigenvalue weighted by molar-refractivity contribution is 5.98. The summed E-state index contributed by atoms with van der Waals surface area (Å²) in [6.45, 7) is 10.6. The molecule has 1 aromatic rings. The van der Waals surface area contributed by atoms with Gasteiger partial charge in [0.2, 0.25) is 5.91 Å². The first-order valence-corrected chi connectivity index (χ1v) is 11.6. The van der Waals surface area contributed by atoms with Crippen molar-refractivity contribution in [3.63, 3.8) is 0 Å². The van der Waals surface area contributed by atoms with E-state index >= 15 is 0 Å². The molecule has 0 aliphatic carbocycles. The number of amides is 2. The standard InChI is InChI=1S/C24H32N2O9/c1-7-30-21(29)13-8-10-14(11-9-13)26-19(27)12(2)25-20(28)17-15-16(33-23(3,4)32-15)18-22(31-17)35-24(5,6)34-18/h8-12,15-18,22H,7H2,1-6H3,(H,25,28)(H,26,27)/t12-,15+,16-,17-,18+,22+/m0/s1. The van der Waals surface area contributed by atoms with Gasteiger partial charge in [-0.05, 0) is 65.8 Å². The predicted molar refractivity (Wildman–Crippen MR) is 121 cm³/mol. The normalized spacial score (nSPS) is 31.1. The first kappa shape index (κ1) is 25.5. The fraction of sp³-hybridized carbons (Fsp3) is 0.625. The Balaban J connectivity index is 1.39. The largest absolute Gasteiger partial charge is 0.462 e. The molecule has 0 unspecified atom stereocenters. The second-order valence-electron chi connectivity index (χ2n) is 9.61. The van der Waals surface area contributed by atoms with Crippen LogP contribution in [0.15, 0.2) is 24.3 Å². The topological polar surface area (TPSA) is 131 Å². The molecule has 3 aliphatic heterocycles. The molecule has 2 N–H and O–H groups in total. The maximum Gasteiger partial charge on any atom is 0.338 e. The Kier molecular flexibility index (Phi) is 6.91. The summed E-state index contributed by atoms with van der Waals surface area (Å²) in [4.78, 5) is 37.6. The van der Waals surface area contributed by atoms with Crippen LogP contribution in [0, 0.1) is 0 Å². The van der Waals surface area contributed by atoms with Crippen molar-refractivity contribution in [2.24, 2.45) is 0 Å². The number of hydrogen-bond acceptors (Lipinski definition) is 9. The molecule has 0 spiro atoms. The molecular weight excluding hydrogens is 460 g/mol. The number of rotatable bonds is 6. The molecule has 0 saturated carbocycles. The van der Waals surface area contributed by atoms with Gasteiger partial charge in [-0.15, -0.1) is 0 Å². The number of ether oxygens (including phenoxy) is 6. The maximum absolute atomic E-state index is 13.2. The molecule has 3 fully saturated rings. The van der Waals surface area contributed by atoms with E-state index < -0.39 is 66.1 Å². The van der Waals surface area contributed by atoms with Crippen LogP contribution in [-0.4, -0.2) is 72.7 Å². The number of esters is 1. The molecule has 192 valence electrons. The van der Waals surface area contributed by atoms with Crippen molar-refractivity contribution in [2.75, 3.05) is 11.9 Å². The summed E-state index contributed by atoms with van der Waals surface area (Å²) in [5.74, 6) is -3.27. The van der Waals surface area contributed by atoms with Crippen LogP contribution in [-0.2, 0) is 38.0 Å². The van der Waals surface area contributed by atoms with Crippen LogP contribution in [0.4, 0.5) is 5.69 Å². The van der Waals surface area contributed by atoms with E-state index in [0.29, 0.717) is 11.3 Å². The number of nitrogens with one attached hydrogen (secondary N) is 2. The van der Waals surface area contributed by atoms with E-state index in [4.69, 9.17) is 28.4 Å². The molecule has 3 aliphatic rings. The number of fused-ring (bicyclic) bond motifs is 3. The summed E-state index contributed by atoms with van der Waals surface area (Å²) in [6, 6.07) is 5.37. The molecular formula is C24H32N2O9. The fourth-order valence-electron chi connectivity index (χ4n) is 4.34. The van der Waals surface area contributed by atoms with Gasteiger partial charge in [-0.1, -0.05) is 0 Å². The minimum atomic E-state index is -1.07. The molecule has 0 bridgehead atoms. The fourth-order valence-corrected chi connectivity index (χ4v) is 4.34. The van der Waals surface area contributed by atoms with Crippen molar-refractivity contribution in [3.8, 4) is 0 Å². The zero-order valence-electron chi connectivity index (χ0n) is 20.7. The third kappa shape index (κ3) is 5.49. The van der Waals surface area contributed by atoms with Crippen molar-refractivity contribution in [2.45, 2.75) is 89.9 Å². The summed E-state index contributed by atoms with van der Waals surface area (Å²) < 4.78 is 34.6. The van der Waals surface area contributed by atoms with Crippen molar-refractivity contribution in [3.05, 3.63) is 29.8 Å². The van der Waals surface area contributed by atoms with Gasteiger partial charge in [-0.25, -0.2) is 4.79 Å². The first-order valence-electron chi connectivity index (χ1n) is 11.6. The van der Waals surface area contributed by atoms with Crippen LogP contribution in [0.1, 0.15) is 51.9 Å². The Morgan fingerprint density at radius 2 is 1.54 bits per heavy atom. The predicted octanol–water partition coefficient (Wildman–Crippen LogP) is 1.70. The lowest BCUT2D eigenvalue weighted by Gasteiger charge is -2.36. The quantitative estimate of drug-likeness (QED) is 0.570. The molecule has 11 heteroatoms. The SMILES string of the molecule is CCOC(=O)c1ccc(NC(=O)[C@H](C)NC(=O)[C@H]2O[C@@H]3OC(C)(C)O[C@@H]3[C@H]3OC(C)(C)O[C@H]32)cc1. The number of carbonyl (C=O) groups excluding carboxylic acids is 3. The molecule has 2 amide bonds. The van der Waals surface area contributed by atoms with Gasteiger partial charge in [0, 0.05) is 5.69 Å². The van der Waals surface area contributed by atoms with Gasteiger partial charge in [0.05, 0.1) is 12.2 Å². The number of carbonyl (C=O) groups is 3. The van der Waals surface area contributed by atoms with Gasteiger partial charge in [0.15, 0.2) is 24.0 Å². The van der Waals surface area contributed by atoms with Crippen molar-refractivity contribution < 1.29 is 42.8 Å². The van der Waals surface area contributed by atoms with Gasteiger partial charge >= 0.3 is 5.97 Å². The molecule has 35 heavy (non-hydrogen) atoms. The van der Waals surface area contributed by atoms with E-state index in [9.17, 15) is 14.4 Å². The summed E-state index contributed by atoms with van der Waals surface area (Å²) in [5, 5.41) is 5.38. The minimum Gasteiger partial charge on any atom is -0.462 e. The van der Waals surface area contributed by atoms with Gasteiger partial charge in [0.25, 0.3) is 5.91 Å². The lowest BCUT2D eigenvalue weighted by molar-refractivity contribution is -0.231. The monoisotopic (exact) mass is 492 g/mol. The Morgan fingerprint density at radius 1 is 0.943 bits per heavy atom. The second kappa shape index (κ2) is 9.47. The first-order chi connectivity index (χ1) is 16.4. The van der Waals surface area contributed by atoms with E-state index in [1.807, 2.05) is 0 Å². The van der Waals surface area contributed by atoms with Gasteiger partial charge in [-0.3, -0.25) is 9.59 Å². The van der Waals surface area contributed by atoms with Gasteiger partial charge in [0.1, 0.15) is 24.4 Å². The molecule has 0 radical (unpaired) electrons. The average Bonchev–Trinajstić information content (AvgIpc) is 3.27. The van der Waals surface area contributed by atoms with Crippen LogP contribution in [0.3, 0.4) is 0 Å². The zero-order chi connectivity index (χ0) is 25.5. The molecule has 11 nitrogen and oxygen atoms in total.